The number of benzene rings is 1. The first-order valence-electron chi connectivity index (χ1n) is 8.03. The quantitative estimate of drug-likeness (QED) is 0.495. The fraction of sp³-hybridized carbons (Fsp3) is 0.312. The van der Waals surface area contributed by atoms with Gasteiger partial charge in [-0.1, -0.05) is 41.8 Å². The first-order chi connectivity index (χ1) is 12.2. The summed E-state index contributed by atoms with van der Waals surface area (Å²) in [6.45, 7) is 5.15. The second-order valence-corrected chi connectivity index (χ2v) is 5.72. The number of nitrogens with one attached hydrogen (secondary N) is 2. The number of aryl methyl sites for hydroxylation is 1. The zero-order chi connectivity index (χ0) is 17.6. The molecule has 9 heteroatoms. The average Bonchev–Trinajstić information content (AvgIpc) is 3.11. The van der Waals surface area contributed by atoms with E-state index in [1.165, 1.54) is 0 Å². The third-order valence-electron chi connectivity index (χ3n) is 3.62. The molecule has 1 aromatic carbocycles. The average molecular weight is 359 g/mol. The highest BCUT2D eigenvalue weighted by atomic mass is 35.5. The standard InChI is InChI=1S/C16H19ClN8/c1-3-13-20-14(17)11(2)15(21-13)18-9-10-19-16-22-23-24-25(16)12-7-5-4-6-8-12/h4-8H,3,9-10H2,1-2H3,(H,18,20,21)(H,19,22,24). The monoisotopic (exact) mass is 358 g/mol. The largest absolute Gasteiger partial charge is 0.368 e. The van der Waals surface area contributed by atoms with Gasteiger partial charge in [-0.25, -0.2) is 9.97 Å². The van der Waals surface area contributed by atoms with E-state index >= 15 is 0 Å². The molecule has 0 atom stereocenters. The van der Waals surface area contributed by atoms with Gasteiger partial charge < -0.3 is 10.6 Å². The normalized spacial score (nSPS) is 10.7. The van der Waals surface area contributed by atoms with Crippen LogP contribution in [0.15, 0.2) is 30.3 Å². The number of nitrogens with zero attached hydrogens (tertiary/aromatic N) is 6. The molecule has 2 aromatic heterocycles. The molecule has 2 heterocycles. The number of hydrogen-bond donors (Lipinski definition) is 2. The second-order valence-electron chi connectivity index (χ2n) is 5.36. The Hall–Kier alpha value is -2.74. The molecule has 0 saturated heterocycles. The van der Waals surface area contributed by atoms with Crippen molar-refractivity contribution in [1.29, 1.82) is 0 Å². The van der Waals surface area contributed by atoms with Crippen molar-refractivity contribution in [3.05, 3.63) is 46.9 Å². The number of aromatic nitrogens is 6. The van der Waals surface area contributed by atoms with Gasteiger partial charge in [-0.3, -0.25) is 0 Å². The molecule has 0 radical (unpaired) electrons. The molecule has 0 bridgehead atoms. The minimum absolute atomic E-state index is 0.482. The van der Waals surface area contributed by atoms with E-state index in [0.29, 0.717) is 24.2 Å². The third kappa shape index (κ3) is 4.03. The van der Waals surface area contributed by atoms with Crippen LogP contribution in [0.2, 0.25) is 5.15 Å². The van der Waals surface area contributed by atoms with E-state index in [1.54, 1.807) is 4.68 Å². The fourth-order valence-electron chi connectivity index (χ4n) is 2.26. The summed E-state index contributed by atoms with van der Waals surface area (Å²) in [5.41, 5.74) is 1.74. The molecule has 3 aromatic rings. The van der Waals surface area contributed by atoms with E-state index in [9.17, 15) is 0 Å². The van der Waals surface area contributed by atoms with Crippen LogP contribution in [-0.4, -0.2) is 43.3 Å². The van der Waals surface area contributed by atoms with Crippen molar-refractivity contribution in [3.63, 3.8) is 0 Å². The van der Waals surface area contributed by atoms with Crippen LogP contribution in [0.3, 0.4) is 0 Å². The van der Waals surface area contributed by atoms with E-state index in [1.807, 2.05) is 44.2 Å². The van der Waals surface area contributed by atoms with Crippen molar-refractivity contribution in [1.82, 2.24) is 30.2 Å². The van der Waals surface area contributed by atoms with E-state index in [-0.39, 0.29) is 0 Å². The molecule has 0 fully saturated rings. The summed E-state index contributed by atoms with van der Waals surface area (Å²) in [4.78, 5) is 8.71. The van der Waals surface area contributed by atoms with Gasteiger partial charge in [0.25, 0.3) is 0 Å². The minimum Gasteiger partial charge on any atom is -0.368 e. The van der Waals surface area contributed by atoms with E-state index < -0.39 is 0 Å². The Bertz CT molecular complexity index is 833. The number of tetrazole rings is 1. The van der Waals surface area contributed by atoms with E-state index in [2.05, 4.69) is 36.1 Å². The second kappa shape index (κ2) is 7.89. The van der Waals surface area contributed by atoms with Crippen LogP contribution >= 0.6 is 11.6 Å². The van der Waals surface area contributed by atoms with Gasteiger partial charge in [-0.05, 0) is 29.5 Å². The van der Waals surface area contributed by atoms with Crippen LogP contribution in [0.4, 0.5) is 11.8 Å². The van der Waals surface area contributed by atoms with Gasteiger partial charge in [0.05, 0.1) is 5.69 Å². The predicted molar refractivity (Wildman–Crippen MR) is 97.3 cm³/mol. The summed E-state index contributed by atoms with van der Waals surface area (Å²) in [6, 6.07) is 9.71. The number of halogens is 1. The van der Waals surface area contributed by atoms with E-state index in [0.717, 1.165) is 29.3 Å². The number of rotatable bonds is 7. The molecule has 8 nitrogen and oxygen atoms in total. The van der Waals surface area contributed by atoms with Crippen molar-refractivity contribution in [2.75, 3.05) is 23.7 Å². The van der Waals surface area contributed by atoms with Crippen LogP contribution in [0, 0.1) is 6.92 Å². The topological polar surface area (TPSA) is 93.4 Å². The third-order valence-corrected chi connectivity index (χ3v) is 3.99. The molecule has 0 aliphatic rings. The Balaban J connectivity index is 1.60. The first-order valence-corrected chi connectivity index (χ1v) is 8.41. The highest BCUT2D eigenvalue weighted by Crippen LogP contribution is 2.19. The maximum absolute atomic E-state index is 6.14. The van der Waals surface area contributed by atoms with Crippen molar-refractivity contribution in [2.45, 2.75) is 20.3 Å². The lowest BCUT2D eigenvalue weighted by atomic mass is 10.3. The molecule has 130 valence electrons. The Morgan fingerprint density at radius 3 is 2.60 bits per heavy atom. The summed E-state index contributed by atoms with van der Waals surface area (Å²) >= 11 is 6.14. The van der Waals surface area contributed by atoms with Gasteiger partial charge in [0.2, 0.25) is 5.95 Å². The molecular formula is C16H19ClN8. The number of anilines is 2. The summed E-state index contributed by atoms with van der Waals surface area (Å²) in [5, 5.41) is 18.7. The van der Waals surface area contributed by atoms with Crippen LogP contribution in [0.1, 0.15) is 18.3 Å². The highest BCUT2D eigenvalue weighted by Gasteiger charge is 2.09. The van der Waals surface area contributed by atoms with Gasteiger partial charge in [0.15, 0.2) is 0 Å². The zero-order valence-corrected chi connectivity index (χ0v) is 14.8. The summed E-state index contributed by atoms with van der Waals surface area (Å²) in [7, 11) is 0. The lowest BCUT2D eigenvalue weighted by molar-refractivity contribution is 0.789. The molecule has 0 spiro atoms. The van der Waals surface area contributed by atoms with Crippen LogP contribution in [0.5, 0.6) is 0 Å². The van der Waals surface area contributed by atoms with Gasteiger partial charge >= 0.3 is 0 Å². The van der Waals surface area contributed by atoms with Crippen molar-refractivity contribution in [3.8, 4) is 5.69 Å². The maximum atomic E-state index is 6.14. The lowest BCUT2D eigenvalue weighted by Gasteiger charge is -2.11. The van der Waals surface area contributed by atoms with Crippen molar-refractivity contribution < 1.29 is 0 Å². The Morgan fingerprint density at radius 1 is 1.08 bits per heavy atom. The molecule has 2 N–H and O–H groups in total. The number of hydrogen-bond acceptors (Lipinski definition) is 7. The van der Waals surface area contributed by atoms with E-state index in [4.69, 9.17) is 11.6 Å². The van der Waals surface area contributed by atoms with Gasteiger partial charge in [-0.15, -0.1) is 0 Å². The summed E-state index contributed by atoms with van der Waals surface area (Å²) in [6.07, 6.45) is 0.735. The molecule has 0 amide bonds. The van der Waals surface area contributed by atoms with Crippen molar-refractivity contribution >= 4 is 23.4 Å². The fourth-order valence-corrected chi connectivity index (χ4v) is 2.45. The number of para-hydroxylation sites is 1. The molecule has 25 heavy (non-hydrogen) atoms. The van der Waals surface area contributed by atoms with Crippen LogP contribution < -0.4 is 10.6 Å². The van der Waals surface area contributed by atoms with Crippen molar-refractivity contribution in [2.24, 2.45) is 0 Å². The molecular weight excluding hydrogens is 340 g/mol. The predicted octanol–water partition coefficient (Wildman–Crippen LogP) is 2.50. The van der Waals surface area contributed by atoms with Gasteiger partial charge in [-0.2, -0.15) is 4.68 Å². The van der Waals surface area contributed by atoms with Crippen LogP contribution in [0.25, 0.3) is 5.69 Å². The summed E-state index contributed by atoms with van der Waals surface area (Å²) in [5.74, 6) is 2.06. The zero-order valence-electron chi connectivity index (χ0n) is 14.1. The molecule has 0 aliphatic carbocycles. The summed E-state index contributed by atoms with van der Waals surface area (Å²) < 4.78 is 1.65. The molecule has 0 unspecified atom stereocenters. The maximum Gasteiger partial charge on any atom is 0.247 e. The molecule has 0 aliphatic heterocycles. The lowest BCUT2D eigenvalue weighted by Crippen LogP contribution is -2.18. The first kappa shape index (κ1) is 17.1. The Kier molecular flexibility index (Phi) is 5.39. The van der Waals surface area contributed by atoms with Gasteiger partial charge in [0, 0.05) is 25.1 Å². The Morgan fingerprint density at radius 2 is 1.84 bits per heavy atom. The molecule has 3 rings (SSSR count). The van der Waals surface area contributed by atoms with Gasteiger partial charge in [0.1, 0.15) is 16.8 Å². The highest BCUT2D eigenvalue weighted by molar-refractivity contribution is 6.30. The molecule has 0 saturated carbocycles. The smallest absolute Gasteiger partial charge is 0.247 e. The minimum atomic E-state index is 0.482. The Labute approximate surface area is 150 Å². The SMILES string of the molecule is CCc1nc(Cl)c(C)c(NCCNc2nnnn2-c2ccccc2)n1. The van der Waals surface area contributed by atoms with Crippen LogP contribution in [-0.2, 0) is 6.42 Å².